The van der Waals surface area contributed by atoms with Gasteiger partial charge in [0, 0.05) is 12.8 Å². The fourth-order valence-electron chi connectivity index (χ4n) is 5.33. The Bertz CT molecular complexity index is 398. The number of hydrogen-bond donors (Lipinski definition) is 0. The molecule has 5 atom stereocenters. The van der Waals surface area contributed by atoms with Crippen molar-refractivity contribution in [3.8, 4) is 0 Å². The van der Waals surface area contributed by atoms with Crippen molar-refractivity contribution < 1.29 is 9.53 Å². The van der Waals surface area contributed by atoms with E-state index >= 15 is 0 Å². The lowest BCUT2D eigenvalue weighted by Gasteiger charge is -2.39. The fourth-order valence-corrected chi connectivity index (χ4v) is 5.33. The van der Waals surface area contributed by atoms with E-state index in [9.17, 15) is 4.79 Å². The Kier molecular flexibility index (Phi) is 1.57. The minimum Gasteiger partial charge on any atom is -0.459 e. The van der Waals surface area contributed by atoms with E-state index in [4.69, 9.17) is 4.74 Å². The van der Waals surface area contributed by atoms with Gasteiger partial charge in [0.25, 0.3) is 0 Å². The Hall–Kier alpha value is -0.790. The van der Waals surface area contributed by atoms with Gasteiger partial charge in [-0.05, 0) is 49.9 Å². The number of rotatable bonds is 1. The molecule has 0 spiro atoms. The van der Waals surface area contributed by atoms with Gasteiger partial charge in [-0.2, -0.15) is 0 Å². The minimum absolute atomic E-state index is 0.0537. The zero-order valence-electron chi connectivity index (χ0n) is 9.74. The average Bonchev–Trinajstić information content (AvgIpc) is 2.92. The summed E-state index contributed by atoms with van der Waals surface area (Å²) in [4.78, 5) is 11.3. The van der Waals surface area contributed by atoms with Crippen molar-refractivity contribution in [3.63, 3.8) is 0 Å². The molecule has 0 saturated heterocycles. The van der Waals surface area contributed by atoms with Crippen LogP contribution in [0.25, 0.3) is 0 Å². The van der Waals surface area contributed by atoms with Gasteiger partial charge in [0.1, 0.15) is 5.60 Å². The standard InChI is InChI=1S/C14H18O2/c1-8(15)16-14-5-4-11(7-14)12-9-2-3-10(6-9)13(12)14/h2,10-13H,3-7H2,1H3. The second-order valence-corrected chi connectivity index (χ2v) is 6.19. The Balaban J connectivity index is 1.75. The number of fused-ring (bicyclic) bond motifs is 9. The predicted octanol–water partition coefficient (Wildman–Crippen LogP) is 2.68. The van der Waals surface area contributed by atoms with Crippen molar-refractivity contribution >= 4 is 5.97 Å². The quantitative estimate of drug-likeness (QED) is 0.384. The monoisotopic (exact) mass is 218 g/mol. The molecule has 0 heterocycles. The van der Waals surface area contributed by atoms with Crippen LogP contribution in [0.5, 0.6) is 0 Å². The van der Waals surface area contributed by atoms with Crippen molar-refractivity contribution in [1.29, 1.82) is 0 Å². The summed E-state index contributed by atoms with van der Waals surface area (Å²) >= 11 is 0. The normalized spacial score (nSPS) is 51.7. The molecular weight excluding hydrogens is 200 g/mol. The van der Waals surface area contributed by atoms with Gasteiger partial charge in [0.15, 0.2) is 0 Å². The first kappa shape index (κ1) is 9.26. The van der Waals surface area contributed by atoms with E-state index in [0.717, 1.165) is 30.6 Å². The van der Waals surface area contributed by atoms with Crippen LogP contribution in [0, 0.1) is 23.7 Å². The van der Waals surface area contributed by atoms with Crippen LogP contribution in [0.3, 0.4) is 0 Å². The van der Waals surface area contributed by atoms with Gasteiger partial charge >= 0.3 is 5.97 Å². The minimum atomic E-state index is -0.0712. The first-order chi connectivity index (χ1) is 7.70. The highest BCUT2D eigenvalue weighted by Gasteiger charge is 2.66. The van der Waals surface area contributed by atoms with Crippen molar-refractivity contribution in [3.05, 3.63) is 11.6 Å². The molecule has 4 rings (SSSR count). The largest absolute Gasteiger partial charge is 0.459 e. The highest BCUT2D eigenvalue weighted by molar-refractivity contribution is 5.67. The van der Waals surface area contributed by atoms with Gasteiger partial charge < -0.3 is 4.74 Å². The third kappa shape index (κ3) is 0.922. The van der Waals surface area contributed by atoms with Crippen LogP contribution >= 0.6 is 0 Å². The Labute approximate surface area is 96.0 Å². The first-order valence-electron chi connectivity index (χ1n) is 6.58. The van der Waals surface area contributed by atoms with E-state index in [2.05, 4.69) is 6.08 Å². The molecule has 0 aromatic carbocycles. The zero-order valence-corrected chi connectivity index (χ0v) is 9.74. The van der Waals surface area contributed by atoms with Gasteiger partial charge in [-0.1, -0.05) is 11.6 Å². The van der Waals surface area contributed by atoms with Gasteiger partial charge in [-0.3, -0.25) is 4.79 Å². The molecule has 3 saturated carbocycles. The maximum Gasteiger partial charge on any atom is 0.303 e. The Morgan fingerprint density at radius 2 is 2.38 bits per heavy atom. The van der Waals surface area contributed by atoms with Gasteiger partial charge in [-0.25, -0.2) is 0 Å². The van der Waals surface area contributed by atoms with E-state index in [1.165, 1.54) is 19.3 Å². The van der Waals surface area contributed by atoms with E-state index < -0.39 is 0 Å². The van der Waals surface area contributed by atoms with Crippen LogP contribution < -0.4 is 0 Å². The molecule has 0 aliphatic heterocycles. The molecule has 4 bridgehead atoms. The van der Waals surface area contributed by atoms with Crippen LogP contribution in [0.1, 0.15) is 39.0 Å². The maximum absolute atomic E-state index is 11.3. The van der Waals surface area contributed by atoms with E-state index in [1.807, 2.05) is 0 Å². The number of allylic oxidation sites excluding steroid dienone is 2. The van der Waals surface area contributed by atoms with Crippen LogP contribution in [0.4, 0.5) is 0 Å². The second kappa shape index (κ2) is 2.72. The molecule has 0 aromatic heterocycles. The lowest BCUT2D eigenvalue weighted by atomic mass is 9.72. The smallest absolute Gasteiger partial charge is 0.303 e. The molecule has 2 nitrogen and oxygen atoms in total. The van der Waals surface area contributed by atoms with Gasteiger partial charge in [-0.15, -0.1) is 0 Å². The molecule has 0 N–H and O–H groups in total. The number of carbonyl (C=O) groups excluding carboxylic acids is 1. The highest BCUT2D eigenvalue weighted by atomic mass is 16.6. The molecule has 0 amide bonds. The SMILES string of the molecule is CC(=O)OC12CCC(C1)C1C3=CCC(C3)C12. The average molecular weight is 218 g/mol. The lowest BCUT2D eigenvalue weighted by molar-refractivity contribution is -0.163. The summed E-state index contributed by atoms with van der Waals surface area (Å²) in [5.41, 5.74) is 1.65. The van der Waals surface area contributed by atoms with Gasteiger partial charge in [0.05, 0.1) is 0 Å². The van der Waals surface area contributed by atoms with Crippen molar-refractivity contribution in [2.45, 2.75) is 44.6 Å². The van der Waals surface area contributed by atoms with E-state index in [-0.39, 0.29) is 11.6 Å². The van der Waals surface area contributed by atoms with Crippen LogP contribution in [-0.4, -0.2) is 11.6 Å². The summed E-state index contributed by atoms with van der Waals surface area (Å²) in [6, 6.07) is 0. The van der Waals surface area contributed by atoms with E-state index in [0.29, 0.717) is 5.92 Å². The highest BCUT2D eigenvalue weighted by Crippen LogP contribution is 2.68. The second-order valence-electron chi connectivity index (χ2n) is 6.19. The lowest BCUT2D eigenvalue weighted by Crippen LogP contribution is -2.42. The molecule has 2 heteroatoms. The van der Waals surface area contributed by atoms with Crippen molar-refractivity contribution in [2.24, 2.45) is 23.7 Å². The number of esters is 1. The number of ether oxygens (including phenoxy) is 1. The molecule has 16 heavy (non-hydrogen) atoms. The summed E-state index contributed by atoms with van der Waals surface area (Å²) in [6.45, 7) is 1.57. The number of carbonyl (C=O) groups is 1. The van der Waals surface area contributed by atoms with E-state index in [1.54, 1.807) is 12.5 Å². The summed E-state index contributed by atoms with van der Waals surface area (Å²) < 4.78 is 5.79. The first-order valence-corrected chi connectivity index (χ1v) is 6.58. The van der Waals surface area contributed by atoms with Crippen molar-refractivity contribution in [1.82, 2.24) is 0 Å². The van der Waals surface area contributed by atoms with Crippen molar-refractivity contribution in [2.75, 3.05) is 0 Å². The topological polar surface area (TPSA) is 26.3 Å². The summed E-state index contributed by atoms with van der Waals surface area (Å²) in [5.74, 6) is 3.01. The maximum atomic E-state index is 11.3. The molecule has 4 aliphatic carbocycles. The molecule has 3 fully saturated rings. The molecule has 4 aliphatic rings. The predicted molar refractivity (Wildman–Crippen MR) is 59.6 cm³/mol. The molecular formula is C14H18O2. The third-order valence-electron chi connectivity index (χ3n) is 5.51. The molecule has 0 radical (unpaired) electrons. The Morgan fingerprint density at radius 1 is 1.50 bits per heavy atom. The zero-order chi connectivity index (χ0) is 10.9. The molecule has 5 unspecified atom stereocenters. The summed E-state index contributed by atoms with van der Waals surface area (Å²) in [5, 5.41) is 0. The summed E-state index contributed by atoms with van der Waals surface area (Å²) in [7, 11) is 0. The van der Waals surface area contributed by atoms with Crippen LogP contribution in [0.15, 0.2) is 11.6 Å². The molecule has 0 aromatic rings. The molecule has 86 valence electrons. The fraction of sp³-hybridized carbons (Fsp3) is 0.786. The Morgan fingerprint density at radius 3 is 3.19 bits per heavy atom. The van der Waals surface area contributed by atoms with Crippen LogP contribution in [0.2, 0.25) is 0 Å². The third-order valence-corrected chi connectivity index (χ3v) is 5.51. The van der Waals surface area contributed by atoms with Crippen LogP contribution in [-0.2, 0) is 9.53 Å². The number of hydrogen-bond acceptors (Lipinski definition) is 2. The van der Waals surface area contributed by atoms with Gasteiger partial charge in [0.2, 0.25) is 0 Å². The summed E-state index contributed by atoms with van der Waals surface area (Å²) in [6.07, 6.45) is 8.56.